The van der Waals surface area contributed by atoms with Gasteiger partial charge in [0.1, 0.15) is 0 Å². The van der Waals surface area contributed by atoms with Crippen LogP contribution >= 0.6 is 0 Å². The Morgan fingerprint density at radius 1 is 1.05 bits per heavy atom. The minimum Gasteiger partial charge on any atom is -0.294 e. The maximum atomic E-state index is 12.7. The molecule has 22 heavy (non-hydrogen) atoms. The van der Waals surface area contributed by atoms with Gasteiger partial charge in [-0.25, -0.2) is 0 Å². The summed E-state index contributed by atoms with van der Waals surface area (Å²) < 4.78 is 0. The van der Waals surface area contributed by atoms with E-state index in [2.05, 4.69) is 27.7 Å². The number of ketones is 1. The second-order valence-electron chi connectivity index (χ2n) is 7.40. The van der Waals surface area contributed by atoms with E-state index in [1.54, 1.807) is 0 Å². The van der Waals surface area contributed by atoms with Crippen molar-refractivity contribution in [3.05, 3.63) is 35.9 Å². The summed E-state index contributed by atoms with van der Waals surface area (Å²) in [5.41, 5.74) is 0.908. The molecule has 1 saturated carbocycles. The van der Waals surface area contributed by atoms with Gasteiger partial charge in [-0.3, -0.25) is 4.79 Å². The zero-order valence-corrected chi connectivity index (χ0v) is 15.8. The Bertz CT molecular complexity index is 469. The molecular formula is C20H32OSi. The van der Waals surface area contributed by atoms with Gasteiger partial charge >= 0.3 is 0 Å². The first kappa shape index (κ1) is 17.5. The van der Waals surface area contributed by atoms with Crippen LogP contribution in [0.2, 0.25) is 24.2 Å². The minimum absolute atomic E-state index is 0.264. The van der Waals surface area contributed by atoms with E-state index in [-0.39, 0.29) is 5.92 Å². The average molecular weight is 317 g/mol. The van der Waals surface area contributed by atoms with Crippen LogP contribution < -0.4 is 0 Å². The second-order valence-corrected chi connectivity index (χ2v) is 12.9. The summed E-state index contributed by atoms with van der Waals surface area (Å²) in [7, 11) is -1.08. The van der Waals surface area contributed by atoms with Crippen molar-refractivity contribution in [1.82, 2.24) is 0 Å². The van der Waals surface area contributed by atoms with E-state index in [0.717, 1.165) is 24.3 Å². The highest BCUT2D eigenvalue weighted by atomic mass is 28.3. The molecule has 0 saturated heterocycles. The van der Waals surface area contributed by atoms with Crippen molar-refractivity contribution < 1.29 is 4.79 Å². The predicted molar refractivity (Wildman–Crippen MR) is 98.2 cm³/mol. The van der Waals surface area contributed by atoms with E-state index in [1.165, 1.54) is 24.2 Å². The molecule has 1 nitrogen and oxygen atoms in total. The molecule has 1 fully saturated rings. The third kappa shape index (κ3) is 3.71. The second kappa shape index (κ2) is 7.59. The van der Waals surface area contributed by atoms with Crippen LogP contribution in [0.25, 0.3) is 0 Å². The summed E-state index contributed by atoms with van der Waals surface area (Å²) in [6.45, 7) is 9.56. The lowest BCUT2D eigenvalue weighted by Crippen LogP contribution is -2.34. The Morgan fingerprint density at radius 2 is 1.64 bits per heavy atom. The van der Waals surface area contributed by atoms with E-state index >= 15 is 0 Å². The molecule has 0 bridgehead atoms. The maximum Gasteiger partial charge on any atom is 0.165 e. The predicted octanol–water partition coefficient (Wildman–Crippen LogP) is 6.04. The van der Waals surface area contributed by atoms with Crippen LogP contribution in [-0.2, 0) is 0 Å². The standard InChI is InChI=1S/C20H32OSi/c1-5-22(6-2,7-3)15-19-14-18(13-16(19)4)20(21)17-11-9-8-10-12-17/h8-12,16,18-19H,5-7,13-15H2,1-4H3/t16-,18?,19+/m1/s1. The molecule has 0 heterocycles. The number of rotatable bonds is 7. The van der Waals surface area contributed by atoms with Crippen LogP contribution in [-0.4, -0.2) is 13.9 Å². The van der Waals surface area contributed by atoms with Gasteiger partial charge in [-0.1, -0.05) is 82.2 Å². The molecule has 122 valence electrons. The first-order valence-electron chi connectivity index (χ1n) is 9.14. The summed E-state index contributed by atoms with van der Waals surface area (Å²) in [6, 6.07) is 15.5. The highest BCUT2D eigenvalue weighted by molar-refractivity contribution is 6.79. The summed E-state index contributed by atoms with van der Waals surface area (Å²) in [5, 5.41) is 0. The zero-order chi connectivity index (χ0) is 16.2. The molecule has 0 radical (unpaired) electrons. The number of carbonyl (C=O) groups is 1. The Labute approximate surface area is 137 Å². The number of benzene rings is 1. The molecule has 2 rings (SSSR count). The Hall–Kier alpha value is -0.893. The minimum atomic E-state index is -1.08. The van der Waals surface area contributed by atoms with Gasteiger partial charge in [0.25, 0.3) is 0 Å². The van der Waals surface area contributed by atoms with Gasteiger partial charge in [0.2, 0.25) is 0 Å². The largest absolute Gasteiger partial charge is 0.294 e. The summed E-state index contributed by atoms with van der Waals surface area (Å²) in [6.07, 6.45) is 2.23. The van der Waals surface area contributed by atoms with Gasteiger partial charge in [-0.15, -0.1) is 0 Å². The summed E-state index contributed by atoms with van der Waals surface area (Å²) in [5.74, 6) is 2.14. The van der Waals surface area contributed by atoms with Gasteiger partial charge in [0, 0.05) is 11.5 Å². The molecule has 0 aromatic heterocycles. The molecule has 0 amide bonds. The number of hydrogen-bond acceptors (Lipinski definition) is 1. The van der Waals surface area contributed by atoms with Crippen molar-refractivity contribution in [1.29, 1.82) is 0 Å². The van der Waals surface area contributed by atoms with E-state index in [9.17, 15) is 4.79 Å². The summed E-state index contributed by atoms with van der Waals surface area (Å²) in [4.78, 5) is 12.7. The Morgan fingerprint density at radius 3 is 2.18 bits per heavy atom. The fourth-order valence-electron chi connectivity index (χ4n) is 4.41. The average Bonchev–Trinajstić information content (AvgIpc) is 2.93. The highest BCUT2D eigenvalue weighted by Crippen LogP contribution is 2.44. The Balaban J connectivity index is 2.04. The third-order valence-corrected chi connectivity index (χ3v) is 12.3. The molecule has 1 unspecified atom stereocenters. The molecule has 0 spiro atoms. The fourth-order valence-corrected chi connectivity index (χ4v) is 8.46. The van der Waals surface area contributed by atoms with Crippen LogP contribution in [0, 0.1) is 17.8 Å². The molecule has 2 heteroatoms. The van der Waals surface area contributed by atoms with E-state index < -0.39 is 8.07 Å². The van der Waals surface area contributed by atoms with Crippen molar-refractivity contribution >= 4 is 13.9 Å². The smallest absolute Gasteiger partial charge is 0.165 e. The van der Waals surface area contributed by atoms with Crippen molar-refractivity contribution in [2.75, 3.05) is 0 Å². The molecule has 1 aliphatic carbocycles. The van der Waals surface area contributed by atoms with Gasteiger partial charge in [0.05, 0.1) is 8.07 Å². The molecule has 0 aliphatic heterocycles. The number of carbonyl (C=O) groups excluding carboxylic acids is 1. The topological polar surface area (TPSA) is 17.1 Å². The van der Waals surface area contributed by atoms with E-state index in [0.29, 0.717) is 11.7 Å². The van der Waals surface area contributed by atoms with Crippen molar-refractivity contribution in [3.8, 4) is 0 Å². The SMILES string of the molecule is CC[Si](CC)(CC)C[C@@H]1CC(C(=O)c2ccccc2)C[C@H]1C. The lowest BCUT2D eigenvalue weighted by atomic mass is 9.95. The van der Waals surface area contributed by atoms with Crippen molar-refractivity contribution in [2.45, 2.75) is 64.7 Å². The van der Waals surface area contributed by atoms with Gasteiger partial charge in [-0.2, -0.15) is 0 Å². The molecule has 1 aliphatic rings. The quantitative estimate of drug-likeness (QED) is 0.442. The molecule has 0 N–H and O–H groups in total. The highest BCUT2D eigenvalue weighted by Gasteiger charge is 2.40. The van der Waals surface area contributed by atoms with Gasteiger partial charge in [0.15, 0.2) is 5.78 Å². The lowest BCUT2D eigenvalue weighted by molar-refractivity contribution is 0.0919. The van der Waals surface area contributed by atoms with E-state index in [4.69, 9.17) is 0 Å². The molecule has 3 atom stereocenters. The molecule has 1 aromatic rings. The zero-order valence-electron chi connectivity index (χ0n) is 14.8. The maximum absolute atomic E-state index is 12.7. The third-order valence-electron chi connectivity index (χ3n) is 6.42. The van der Waals surface area contributed by atoms with Crippen molar-refractivity contribution in [2.24, 2.45) is 17.8 Å². The van der Waals surface area contributed by atoms with E-state index in [1.807, 2.05) is 30.3 Å². The monoisotopic (exact) mass is 316 g/mol. The van der Waals surface area contributed by atoms with Crippen LogP contribution in [0.5, 0.6) is 0 Å². The van der Waals surface area contributed by atoms with Crippen LogP contribution in [0.3, 0.4) is 0 Å². The normalized spacial score (nSPS) is 25.4. The molecule has 1 aromatic carbocycles. The molecular weight excluding hydrogens is 284 g/mol. The van der Waals surface area contributed by atoms with Crippen molar-refractivity contribution in [3.63, 3.8) is 0 Å². The van der Waals surface area contributed by atoms with Crippen LogP contribution in [0.4, 0.5) is 0 Å². The lowest BCUT2D eigenvalue weighted by Gasteiger charge is -2.32. The summed E-state index contributed by atoms with van der Waals surface area (Å²) >= 11 is 0. The van der Waals surface area contributed by atoms with Crippen LogP contribution in [0.15, 0.2) is 30.3 Å². The number of Topliss-reactive ketones (excluding diaryl/α,β-unsaturated/α-hetero) is 1. The first-order chi connectivity index (χ1) is 10.5. The first-order valence-corrected chi connectivity index (χ1v) is 12.0. The number of hydrogen-bond donors (Lipinski definition) is 0. The van der Waals surface area contributed by atoms with Crippen LogP contribution in [0.1, 0.15) is 50.9 Å². The van der Waals surface area contributed by atoms with Gasteiger partial charge < -0.3 is 0 Å². The Kier molecular flexibility index (Phi) is 6.02. The van der Waals surface area contributed by atoms with Gasteiger partial charge in [-0.05, 0) is 24.7 Å². The fraction of sp³-hybridized carbons (Fsp3) is 0.650.